The number of aliphatic hydroxyl groups is 1. The average Bonchev–Trinajstić information content (AvgIpc) is 1.43. The predicted octanol–water partition coefficient (Wildman–Crippen LogP) is 22.7. The SMILES string of the molecule is CCCCCC/C=C\C=C/CCCCCCCC(=O)OC[C@H](COP(=O)(O)OC[C@@H](O)COP(=O)(O)OC[C@@H](COC(=O)CCCCCCCCC)OC(=O)CCCCCCCCCCCCC(C)C)OC(=O)CCCCCCCCCCCCCCCCCCCCC(C)CC. The van der Waals surface area contributed by atoms with Gasteiger partial charge < -0.3 is 33.8 Å². The molecule has 0 aliphatic carbocycles. The molecule has 6 atom stereocenters. The number of hydrogen-bond donors (Lipinski definition) is 3. The Morgan fingerprint density at radius 1 is 0.340 bits per heavy atom. The van der Waals surface area contributed by atoms with Crippen molar-refractivity contribution in [1.82, 2.24) is 0 Å². The number of carbonyl (C=O) groups is 4. The topological polar surface area (TPSA) is 237 Å². The first-order chi connectivity index (χ1) is 46.9. The third-order valence-corrected chi connectivity index (χ3v) is 19.8. The highest BCUT2D eigenvalue weighted by atomic mass is 31.2. The number of ether oxygens (including phenoxy) is 4. The van der Waals surface area contributed by atoms with E-state index in [0.29, 0.717) is 25.7 Å². The van der Waals surface area contributed by atoms with Crippen LogP contribution in [0.25, 0.3) is 0 Å². The number of hydrogen-bond acceptors (Lipinski definition) is 15. The first-order valence-corrected chi connectivity index (χ1v) is 42.8. The molecule has 0 aliphatic heterocycles. The maximum absolute atomic E-state index is 13.1. The van der Waals surface area contributed by atoms with E-state index >= 15 is 0 Å². The molecule has 0 bridgehead atoms. The molecule has 0 rings (SSSR count). The van der Waals surface area contributed by atoms with Crippen molar-refractivity contribution in [3.63, 3.8) is 0 Å². The van der Waals surface area contributed by atoms with Gasteiger partial charge in [-0.2, -0.15) is 0 Å². The van der Waals surface area contributed by atoms with E-state index < -0.39 is 97.5 Å². The molecule has 572 valence electrons. The van der Waals surface area contributed by atoms with E-state index in [1.165, 1.54) is 167 Å². The number of unbranched alkanes of at least 4 members (excludes halogenated alkanes) is 41. The molecule has 0 saturated heterocycles. The fraction of sp³-hybridized carbons (Fsp3) is 0.897. The Labute approximate surface area is 592 Å². The van der Waals surface area contributed by atoms with Crippen molar-refractivity contribution in [2.24, 2.45) is 11.8 Å². The minimum atomic E-state index is -4.97. The van der Waals surface area contributed by atoms with Gasteiger partial charge in [-0.25, -0.2) is 9.13 Å². The third kappa shape index (κ3) is 70.4. The maximum Gasteiger partial charge on any atom is 0.472 e. The summed E-state index contributed by atoms with van der Waals surface area (Å²) in [4.78, 5) is 72.7. The van der Waals surface area contributed by atoms with Gasteiger partial charge in [0.25, 0.3) is 0 Å². The van der Waals surface area contributed by atoms with Crippen LogP contribution in [0, 0.1) is 11.8 Å². The van der Waals surface area contributed by atoms with E-state index in [9.17, 15) is 43.2 Å². The summed E-state index contributed by atoms with van der Waals surface area (Å²) in [6.07, 6.45) is 60.6. The van der Waals surface area contributed by atoms with Gasteiger partial charge in [0.1, 0.15) is 19.3 Å². The molecule has 0 aromatic carbocycles. The van der Waals surface area contributed by atoms with Gasteiger partial charge in [0.05, 0.1) is 26.4 Å². The van der Waals surface area contributed by atoms with Crippen molar-refractivity contribution in [1.29, 1.82) is 0 Å². The molecule has 3 N–H and O–H groups in total. The summed E-state index contributed by atoms with van der Waals surface area (Å²) in [5.74, 6) is -0.529. The van der Waals surface area contributed by atoms with Crippen LogP contribution in [0.5, 0.6) is 0 Å². The second kappa shape index (κ2) is 69.3. The van der Waals surface area contributed by atoms with Crippen LogP contribution in [0.15, 0.2) is 24.3 Å². The highest BCUT2D eigenvalue weighted by Gasteiger charge is 2.30. The van der Waals surface area contributed by atoms with E-state index in [1.54, 1.807) is 0 Å². The monoisotopic (exact) mass is 1420 g/mol. The Morgan fingerprint density at radius 3 is 0.928 bits per heavy atom. The zero-order chi connectivity index (χ0) is 71.4. The quantitative estimate of drug-likeness (QED) is 0.0169. The van der Waals surface area contributed by atoms with E-state index in [1.807, 2.05) is 0 Å². The lowest BCUT2D eigenvalue weighted by Gasteiger charge is -2.21. The summed E-state index contributed by atoms with van der Waals surface area (Å²) in [6.45, 7) is 9.55. The molecule has 0 heterocycles. The fourth-order valence-corrected chi connectivity index (χ4v) is 13.0. The number of esters is 4. The minimum absolute atomic E-state index is 0.101. The highest BCUT2D eigenvalue weighted by molar-refractivity contribution is 7.47. The zero-order valence-corrected chi connectivity index (χ0v) is 64.7. The molecule has 0 fully saturated rings. The Kier molecular flexibility index (Phi) is 67.5. The summed E-state index contributed by atoms with van der Waals surface area (Å²) < 4.78 is 68.4. The molecule has 0 amide bonds. The van der Waals surface area contributed by atoms with Gasteiger partial charge >= 0.3 is 39.5 Å². The normalized spacial score (nSPS) is 14.4. The summed E-state index contributed by atoms with van der Waals surface area (Å²) in [5.41, 5.74) is 0. The molecule has 0 aromatic heterocycles. The Balaban J connectivity index is 5.20. The summed E-state index contributed by atoms with van der Waals surface area (Å²) in [5, 5.41) is 10.6. The first kappa shape index (κ1) is 94.5. The molecular formula is C78H148O17P2. The van der Waals surface area contributed by atoms with E-state index in [0.717, 1.165) is 134 Å². The first-order valence-electron chi connectivity index (χ1n) is 39.8. The minimum Gasteiger partial charge on any atom is -0.462 e. The molecule has 0 spiro atoms. The van der Waals surface area contributed by atoms with Crippen molar-refractivity contribution in [2.75, 3.05) is 39.6 Å². The smallest absolute Gasteiger partial charge is 0.462 e. The second-order valence-electron chi connectivity index (χ2n) is 28.1. The molecule has 0 aliphatic rings. The number of rotatable bonds is 75. The Bertz CT molecular complexity index is 1970. The molecule has 97 heavy (non-hydrogen) atoms. The largest absolute Gasteiger partial charge is 0.472 e. The number of allylic oxidation sites excluding steroid dienone is 4. The number of aliphatic hydroxyl groups excluding tert-OH is 1. The van der Waals surface area contributed by atoms with Crippen LogP contribution in [0.4, 0.5) is 0 Å². The predicted molar refractivity (Wildman–Crippen MR) is 395 cm³/mol. The third-order valence-electron chi connectivity index (χ3n) is 17.9. The summed E-state index contributed by atoms with van der Waals surface area (Å²) in [7, 11) is -9.92. The number of carbonyl (C=O) groups excluding carboxylic acids is 4. The molecule has 0 saturated carbocycles. The van der Waals surface area contributed by atoms with Crippen LogP contribution < -0.4 is 0 Å². The molecule has 0 radical (unpaired) electrons. The summed E-state index contributed by atoms with van der Waals surface area (Å²) in [6, 6.07) is 0. The van der Waals surface area contributed by atoms with Crippen LogP contribution in [0.1, 0.15) is 382 Å². The van der Waals surface area contributed by atoms with Crippen LogP contribution in [0.2, 0.25) is 0 Å². The van der Waals surface area contributed by atoms with Crippen LogP contribution >= 0.6 is 15.6 Å². The van der Waals surface area contributed by atoms with Crippen molar-refractivity contribution < 1.29 is 80.2 Å². The average molecular weight is 1420 g/mol. The van der Waals surface area contributed by atoms with E-state index in [2.05, 4.69) is 65.8 Å². The molecular weight excluding hydrogens is 1270 g/mol. The van der Waals surface area contributed by atoms with Gasteiger partial charge in [0.2, 0.25) is 0 Å². The molecule has 17 nitrogen and oxygen atoms in total. The second-order valence-corrected chi connectivity index (χ2v) is 31.0. The highest BCUT2D eigenvalue weighted by Crippen LogP contribution is 2.45. The van der Waals surface area contributed by atoms with E-state index in [4.69, 9.17) is 37.0 Å². The van der Waals surface area contributed by atoms with Crippen molar-refractivity contribution in [2.45, 2.75) is 400 Å². The molecule has 0 aromatic rings. The van der Waals surface area contributed by atoms with Gasteiger partial charge in [0, 0.05) is 25.7 Å². The van der Waals surface area contributed by atoms with Gasteiger partial charge in [-0.1, -0.05) is 329 Å². The lowest BCUT2D eigenvalue weighted by atomic mass is 9.99. The van der Waals surface area contributed by atoms with Gasteiger partial charge in [-0.3, -0.25) is 37.3 Å². The van der Waals surface area contributed by atoms with Crippen molar-refractivity contribution in [3.8, 4) is 0 Å². The zero-order valence-electron chi connectivity index (χ0n) is 62.9. The lowest BCUT2D eigenvalue weighted by Crippen LogP contribution is -2.30. The molecule has 3 unspecified atom stereocenters. The van der Waals surface area contributed by atoms with Crippen molar-refractivity contribution >= 4 is 39.5 Å². The van der Waals surface area contributed by atoms with Gasteiger partial charge in [-0.15, -0.1) is 0 Å². The van der Waals surface area contributed by atoms with E-state index in [-0.39, 0.29) is 25.7 Å². The number of phosphoric acid groups is 2. The number of phosphoric ester groups is 2. The maximum atomic E-state index is 13.1. The van der Waals surface area contributed by atoms with Crippen molar-refractivity contribution in [3.05, 3.63) is 24.3 Å². The molecule has 19 heteroatoms. The van der Waals surface area contributed by atoms with Crippen LogP contribution in [-0.4, -0.2) is 96.7 Å². The van der Waals surface area contributed by atoms with Gasteiger partial charge in [-0.05, 0) is 63.2 Å². The fourth-order valence-electron chi connectivity index (χ4n) is 11.4. The Morgan fingerprint density at radius 2 is 0.608 bits per heavy atom. The van der Waals surface area contributed by atoms with Crippen LogP contribution in [0.3, 0.4) is 0 Å². The van der Waals surface area contributed by atoms with Crippen LogP contribution in [-0.2, 0) is 65.4 Å². The van der Waals surface area contributed by atoms with Gasteiger partial charge in [0.15, 0.2) is 12.2 Å². The standard InChI is InChI=1S/C78H148O17P2/c1-7-10-12-14-16-17-18-19-24-28-31-37-43-49-55-61-76(81)89-67-74(95-77(82)62-56-50-44-38-32-29-26-23-21-20-22-25-27-30-36-42-47-53-59-71(6)9-3)69-93-97(86,87)91-65-72(79)64-90-96(84,85)92-68-73(66-88-75(80)60-54-48-40-15-13-11-8-2)94-78(83)63-57-51-45-39-34-33-35-41-46-52-58-70(4)5/h17-19,24,70-74,79H,7-16,20-23,25-69H2,1-6H3,(H,84,85)(H,86,87)/b18-17-,24-19-/t71?,72-,73+,74+/m0/s1. The summed E-state index contributed by atoms with van der Waals surface area (Å²) >= 11 is 0. The Hall–Kier alpha value is -2.46. The lowest BCUT2D eigenvalue weighted by molar-refractivity contribution is -0.161.